The van der Waals surface area contributed by atoms with Crippen molar-refractivity contribution in [3.8, 4) is 0 Å². The Bertz CT molecular complexity index is 578. The summed E-state index contributed by atoms with van der Waals surface area (Å²) in [6, 6.07) is 19.2. The number of hydrogen-bond donors (Lipinski definition) is 0. The third-order valence-corrected chi connectivity index (χ3v) is 6.76. The molecule has 0 amide bonds. The van der Waals surface area contributed by atoms with E-state index in [1.807, 2.05) is 60.7 Å². The fourth-order valence-electron chi connectivity index (χ4n) is 2.72. The van der Waals surface area contributed by atoms with E-state index in [1.54, 1.807) is 0 Å². The van der Waals surface area contributed by atoms with Gasteiger partial charge in [0.1, 0.15) is 6.35 Å². The Balaban J connectivity index is 1.79. The van der Waals surface area contributed by atoms with Crippen molar-refractivity contribution in [2.45, 2.75) is 18.9 Å². The van der Waals surface area contributed by atoms with Crippen LogP contribution in [0.4, 0.5) is 0 Å². The summed E-state index contributed by atoms with van der Waals surface area (Å²) in [6.45, 7) is 1.33. The predicted molar refractivity (Wildman–Crippen MR) is 89.6 cm³/mol. The van der Waals surface area contributed by atoms with Gasteiger partial charge in [-0.05, 0) is 12.8 Å². The molecule has 0 saturated carbocycles. The molecule has 0 unspecified atom stereocenters. The molecule has 0 bridgehead atoms. The Labute approximate surface area is 131 Å². The highest BCUT2D eigenvalue weighted by Crippen LogP contribution is 2.43. The van der Waals surface area contributed by atoms with Crippen LogP contribution in [0.3, 0.4) is 0 Å². The van der Waals surface area contributed by atoms with Crippen molar-refractivity contribution < 1.29 is 14.0 Å². The minimum absolute atomic E-state index is 0.153. The zero-order chi connectivity index (χ0) is 15.3. The summed E-state index contributed by atoms with van der Waals surface area (Å²) in [5.74, 6) is 0. The van der Waals surface area contributed by atoms with E-state index < -0.39 is 7.14 Å². The smallest absolute Gasteiger partial charge is 0.167 e. The molecule has 1 saturated heterocycles. The minimum Gasteiger partial charge on any atom is -0.376 e. The van der Waals surface area contributed by atoms with Gasteiger partial charge in [0.05, 0.1) is 12.7 Å². The Morgan fingerprint density at radius 3 is 2.09 bits per heavy atom. The third-order valence-electron chi connectivity index (χ3n) is 3.95. The van der Waals surface area contributed by atoms with Crippen molar-refractivity contribution in [3.63, 3.8) is 0 Å². The fourth-order valence-corrected chi connectivity index (χ4v) is 4.99. The van der Waals surface area contributed by atoms with Crippen LogP contribution in [0, 0.1) is 0 Å². The molecule has 4 heteroatoms. The van der Waals surface area contributed by atoms with Gasteiger partial charge in [0.25, 0.3) is 0 Å². The summed E-state index contributed by atoms with van der Waals surface area (Å²) in [4.78, 5) is 0. The Hall–Kier alpha value is -1.41. The van der Waals surface area contributed by atoms with E-state index in [4.69, 9.17) is 9.47 Å². The van der Waals surface area contributed by atoms with Crippen molar-refractivity contribution in [1.29, 1.82) is 0 Å². The zero-order valence-corrected chi connectivity index (χ0v) is 13.5. The van der Waals surface area contributed by atoms with Crippen LogP contribution in [0.25, 0.3) is 0 Å². The van der Waals surface area contributed by atoms with E-state index in [1.165, 1.54) is 0 Å². The van der Waals surface area contributed by atoms with Crippen LogP contribution in [0.15, 0.2) is 60.7 Å². The van der Waals surface area contributed by atoms with Crippen LogP contribution in [0.1, 0.15) is 12.8 Å². The van der Waals surface area contributed by atoms with Crippen molar-refractivity contribution in [2.75, 3.05) is 19.6 Å². The molecule has 1 atom stereocenters. The summed E-state index contributed by atoms with van der Waals surface area (Å²) in [5, 5.41) is 1.68. The maximum atomic E-state index is 13.6. The molecular weight excluding hydrogens is 295 g/mol. The molecular formula is C18H21O3P. The van der Waals surface area contributed by atoms with Crippen LogP contribution in [0.2, 0.25) is 0 Å². The van der Waals surface area contributed by atoms with Gasteiger partial charge in [0.2, 0.25) is 0 Å². The van der Waals surface area contributed by atoms with Crippen LogP contribution in [0.5, 0.6) is 0 Å². The van der Waals surface area contributed by atoms with E-state index in [2.05, 4.69) is 0 Å². The maximum Gasteiger partial charge on any atom is 0.167 e. The van der Waals surface area contributed by atoms with Crippen molar-refractivity contribution in [2.24, 2.45) is 0 Å². The molecule has 3 nitrogen and oxygen atoms in total. The van der Waals surface area contributed by atoms with Gasteiger partial charge < -0.3 is 14.0 Å². The first-order chi connectivity index (χ1) is 10.8. The molecule has 1 heterocycles. The first-order valence-electron chi connectivity index (χ1n) is 7.69. The van der Waals surface area contributed by atoms with Crippen molar-refractivity contribution in [3.05, 3.63) is 60.7 Å². The summed E-state index contributed by atoms with van der Waals surface area (Å²) >= 11 is 0. The molecule has 1 fully saturated rings. The maximum absolute atomic E-state index is 13.6. The highest BCUT2D eigenvalue weighted by atomic mass is 31.2. The van der Waals surface area contributed by atoms with Gasteiger partial charge in [0.15, 0.2) is 7.14 Å². The quantitative estimate of drug-likeness (QED) is 0.768. The van der Waals surface area contributed by atoms with E-state index >= 15 is 0 Å². The lowest BCUT2D eigenvalue weighted by atomic mass is 10.2. The molecule has 1 aliphatic heterocycles. The Kier molecular flexibility index (Phi) is 5.09. The number of hydrogen-bond acceptors (Lipinski definition) is 3. The molecule has 22 heavy (non-hydrogen) atoms. The Morgan fingerprint density at radius 1 is 1.00 bits per heavy atom. The lowest BCUT2D eigenvalue weighted by Crippen LogP contribution is -2.22. The van der Waals surface area contributed by atoms with E-state index in [0.29, 0.717) is 6.61 Å². The summed E-state index contributed by atoms with van der Waals surface area (Å²) in [7, 11) is -2.76. The van der Waals surface area contributed by atoms with Crippen LogP contribution >= 0.6 is 7.14 Å². The summed E-state index contributed by atoms with van der Waals surface area (Å²) in [5.41, 5.74) is 0. The van der Waals surface area contributed by atoms with Crippen LogP contribution < -0.4 is 10.6 Å². The summed E-state index contributed by atoms with van der Waals surface area (Å²) < 4.78 is 25.0. The normalized spacial score (nSPS) is 18.5. The molecule has 0 radical (unpaired) electrons. The minimum atomic E-state index is -2.76. The monoisotopic (exact) mass is 316 g/mol. The lowest BCUT2D eigenvalue weighted by Gasteiger charge is -2.20. The van der Waals surface area contributed by atoms with Gasteiger partial charge in [-0.3, -0.25) is 0 Å². The van der Waals surface area contributed by atoms with Crippen LogP contribution in [-0.2, 0) is 14.0 Å². The highest BCUT2D eigenvalue weighted by Gasteiger charge is 2.28. The lowest BCUT2D eigenvalue weighted by molar-refractivity contribution is 0.0318. The second kappa shape index (κ2) is 7.23. The second-order valence-corrected chi connectivity index (χ2v) is 8.32. The first-order valence-corrected chi connectivity index (χ1v) is 9.58. The zero-order valence-electron chi connectivity index (χ0n) is 12.6. The molecule has 0 N–H and O–H groups in total. The molecule has 116 valence electrons. The number of benzene rings is 2. The first kappa shape index (κ1) is 15.5. The van der Waals surface area contributed by atoms with Gasteiger partial charge in [-0.25, -0.2) is 0 Å². The molecule has 0 spiro atoms. The van der Waals surface area contributed by atoms with Crippen molar-refractivity contribution in [1.82, 2.24) is 0 Å². The molecule has 2 aromatic carbocycles. The largest absolute Gasteiger partial charge is 0.376 e. The van der Waals surface area contributed by atoms with Gasteiger partial charge in [-0.15, -0.1) is 0 Å². The van der Waals surface area contributed by atoms with E-state index in [9.17, 15) is 4.57 Å². The van der Waals surface area contributed by atoms with Gasteiger partial charge in [-0.1, -0.05) is 60.7 Å². The molecule has 1 aliphatic rings. The molecule has 0 aromatic heterocycles. The van der Waals surface area contributed by atoms with Gasteiger partial charge in [0, 0.05) is 17.2 Å². The highest BCUT2D eigenvalue weighted by molar-refractivity contribution is 7.78. The van der Waals surface area contributed by atoms with Crippen LogP contribution in [-0.4, -0.2) is 25.7 Å². The average Bonchev–Trinajstić information content (AvgIpc) is 3.10. The average molecular weight is 316 g/mol. The number of rotatable bonds is 6. The fraction of sp³-hybridized carbons (Fsp3) is 0.333. The molecule has 2 aromatic rings. The Morgan fingerprint density at radius 2 is 1.59 bits per heavy atom. The molecule has 3 rings (SSSR count). The SMILES string of the molecule is O=P(COC[C@@H]1CCCO1)(c1ccccc1)c1ccccc1. The van der Waals surface area contributed by atoms with Crippen molar-refractivity contribution >= 4 is 17.8 Å². The third kappa shape index (κ3) is 3.49. The second-order valence-electron chi connectivity index (χ2n) is 5.55. The standard InChI is InChI=1S/C18H21O3P/c19-22(17-9-3-1-4-10-17,18-11-5-2-6-12-18)15-20-14-16-8-7-13-21-16/h1-6,9-12,16H,7-8,13-15H2/t16-/m0/s1. The molecule has 0 aliphatic carbocycles. The number of ether oxygens (including phenoxy) is 2. The van der Waals surface area contributed by atoms with E-state index in [0.717, 1.165) is 30.1 Å². The van der Waals surface area contributed by atoms with Gasteiger partial charge in [-0.2, -0.15) is 0 Å². The summed E-state index contributed by atoms with van der Waals surface area (Å²) in [6.07, 6.45) is 2.49. The topological polar surface area (TPSA) is 35.5 Å². The predicted octanol–water partition coefficient (Wildman–Crippen LogP) is 3.15. The van der Waals surface area contributed by atoms with Gasteiger partial charge >= 0.3 is 0 Å². The van der Waals surface area contributed by atoms with E-state index in [-0.39, 0.29) is 12.5 Å².